The summed E-state index contributed by atoms with van der Waals surface area (Å²) < 4.78 is 0. The second-order valence-electron chi connectivity index (χ2n) is 6.65. The maximum atomic E-state index is 11.8. The molecule has 0 unspecified atom stereocenters. The van der Waals surface area contributed by atoms with Crippen LogP contribution in [-0.2, 0) is 16.0 Å². The predicted molar refractivity (Wildman–Crippen MR) is 90.4 cm³/mol. The monoisotopic (exact) mass is 335 g/mol. The Morgan fingerprint density at radius 1 is 1.35 bits per heavy atom. The highest BCUT2D eigenvalue weighted by Gasteiger charge is 2.26. The third kappa shape index (κ3) is 4.10. The van der Waals surface area contributed by atoms with Crippen LogP contribution in [0.2, 0.25) is 0 Å². The average molecular weight is 335 g/mol. The molecule has 5 nitrogen and oxygen atoms in total. The quantitative estimate of drug-likeness (QED) is 0.898. The van der Waals surface area contributed by atoms with Crippen LogP contribution >= 0.6 is 11.3 Å². The molecule has 6 heteroatoms. The Bertz CT molecular complexity index is 568. The van der Waals surface area contributed by atoms with Crippen LogP contribution in [0, 0.1) is 5.92 Å². The molecule has 1 aliphatic carbocycles. The molecule has 2 heterocycles. The zero-order valence-corrected chi connectivity index (χ0v) is 14.5. The smallest absolute Gasteiger partial charge is 0.223 e. The fraction of sp³-hybridized carbons (Fsp3) is 0.706. The molecule has 23 heavy (non-hydrogen) atoms. The van der Waals surface area contributed by atoms with Gasteiger partial charge in [-0.25, -0.2) is 4.98 Å². The molecule has 1 aromatic rings. The number of likely N-dealkylation sites (tertiary alicyclic amines) is 1. The van der Waals surface area contributed by atoms with Gasteiger partial charge in [0.05, 0.1) is 10.7 Å². The van der Waals surface area contributed by atoms with Crippen molar-refractivity contribution in [1.82, 2.24) is 15.2 Å². The van der Waals surface area contributed by atoms with Crippen LogP contribution in [0.1, 0.15) is 55.6 Å². The van der Waals surface area contributed by atoms with Crippen molar-refractivity contribution in [1.29, 1.82) is 0 Å². The molecule has 2 fully saturated rings. The summed E-state index contributed by atoms with van der Waals surface area (Å²) in [6, 6.07) is 0. The molecule has 2 aliphatic rings. The van der Waals surface area contributed by atoms with E-state index in [2.05, 4.69) is 10.7 Å². The van der Waals surface area contributed by atoms with Crippen LogP contribution in [0.5, 0.6) is 0 Å². The van der Waals surface area contributed by atoms with Gasteiger partial charge in [0.25, 0.3) is 0 Å². The first kappa shape index (κ1) is 16.4. The van der Waals surface area contributed by atoms with Crippen LogP contribution in [0.15, 0.2) is 5.38 Å². The van der Waals surface area contributed by atoms with E-state index in [0.29, 0.717) is 12.5 Å². The number of aromatic nitrogens is 1. The Kier molecular flexibility index (Phi) is 5.30. The van der Waals surface area contributed by atoms with Crippen LogP contribution in [0.4, 0.5) is 0 Å². The highest BCUT2D eigenvalue weighted by Crippen LogP contribution is 2.29. The van der Waals surface area contributed by atoms with Gasteiger partial charge < -0.3 is 10.2 Å². The minimum atomic E-state index is 0.158. The summed E-state index contributed by atoms with van der Waals surface area (Å²) in [5.41, 5.74) is 1.05. The number of hydrogen-bond donors (Lipinski definition) is 1. The number of piperidine rings is 1. The molecule has 0 radical (unpaired) electrons. The van der Waals surface area contributed by atoms with Crippen LogP contribution < -0.4 is 5.32 Å². The lowest BCUT2D eigenvalue weighted by molar-refractivity contribution is -0.130. The lowest BCUT2D eigenvalue weighted by Crippen LogP contribution is -2.37. The topological polar surface area (TPSA) is 62.3 Å². The van der Waals surface area contributed by atoms with Gasteiger partial charge in [-0.2, -0.15) is 0 Å². The second kappa shape index (κ2) is 7.43. The van der Waals surface area contributed by atoms with Crippen molar-refractivity contribution < 1.29 is 9.59 Å². The summed E-state index contributed by atoms with van der Waals surface area (Å²) in [6.07, 6.45) is 6.22. The van der Waals surface area contributed by atoms with Gasteiger partial charge in [0.2, 0.25) is 11.8 Å². The average Bonchev–Trinajstić information content (AvgIpc) is 2.94. The molecule has 1 saturated carbocycles. The molecule has 0 aromatic carbocycles. The molecule has 1 aromatic heterocycles. The Labute approximate surface area is 141 Å². The van der Waals surface area contributed by atoms with Crippen molar-refractivity contribution in [3.63, 3.8) is 0 Å². The first-order valence-electron chi connectivity index (χ1n) is 8.61. The number of thiazole rings is 1. The molecular formula is C17H25N3O2S. The lowest BCUT2D eigenvalue weighted by atomic mass is 9.85. The minimum Gasteiger partial charge on any atom is -0.355 e. The number of amides is 2. The Morgan fingerprint density at radius 3 is 2.87 bits per heavy atom. The summed E-state index contributed by atoms with van der Waals surface area (Å²) in [5.74, 6) is 0.984. The highest BCUT2D eigenvalue weighted by molar-refractivity contribution is 7.09. The maximum absolute atomic E-state index is 11.8. The molecule has 2 amide bonds. The summed E-state index contributed by atoms with van der Waals surface area (Å²) in [4.78, 5) is 30.0. The van der Waals surface area contributed by atoms with Gasteiger partial charge in [-0.3, -0.25) is 9.59 Å². The molecule has 1 N–H and O–H groups in total. The number of nitrogens with zero attached hydrogens (tertiary/aromatic N) is 2. The minimum absolute atomic E-state index is 0.158. The van der Waals surface area contributed by atoms with Gasteiger partial charge in [0.15, 0.2) is 0 Å². The SMILES string of the molecule is CC(=O)N1CCC[C@@H](c2nc(CCNC(=O)C3CCC3)cs2)C1. The standard InChI is InChI=1S/C17H25N3O2S/c1-12(21)20-9-3-6-14(10-20)17-19-15(11-23-17)7-8-18-16(22)13-4-2-5-13/h11,13-14H,2-10H2,1H3,(H,18,22)/t14-/m1/s1. The molecule has 0 spiro atoms. The van der Waals surface area contributed by atoms with Crippen LogP contribution in [0.25, 0.3) is 0 Å². The van der Waals surface area contributed by atoms with Gasteiger partial charge in [-0.1, -0.05) is 6.42 Å². The lowest BCUT2D eigenvalue weighted by Gasteiger charge is -2.30. The zero-order chi connectivity index (χ0) is 16.2. The van der Waals surface area contributed by atoms with E-state index < -0.39 is 0 Å². The fourth-order valence-electron chi connectivity index (χ4n) is 3.22. The van der Waals surface area contributed by atoms with E-state index >= 15 is 0 Å². The maximum Gasteiger partial charge on any atom is 0.223 e. The van der Waals surface area contributed by atoms with Crippen molar-refractivity contribution in [3.05, 3.63) is 16.1 Å². The van der Waals surface area contributed by atoms with Gasteiger partial charge in [-0.15, -0.1) is 11.3 Å². The fourth-order valence-corrected chi connectivity index (χ4v) is 4.20. The number of hydrogen-bond acceptors (Lipinski definition) is 4. The summed E-state index contributed by atoms with van der Waals surface area (Å²) in [7, 11) is 0. The van der Waals surface area contributed by atoms with Gasteiger partial charge in [0, 0.05) is 50.2 Å². The second-order valence-corrected chi connectivity index (χ2v) is 7.54. The highest BCUT2D eigenvalue weighted by atomic mass is 32.1. The van der Waals surface area contributed by atoms with Gasteiger partial charge in [0.1, 0.15) is 0 Å². The normalized spacial score (nSPS) is 21.8. The van der Waals surface area contributed by atoms with E-state index in [4.69, 9.17) is 4.98 Å². The third-order valence-electron chi connectivity index (χ3n) is 4.94. The molecule has 1 aliphatic heterocycles. The molecule has 1 saturated heterocycles. The number of nitrogens with one attached hydrogen (secondary N) is 1. The van der Waals surface area contributed by atoms with Crippen LogP contribution in [0.3, 0.4) is 0 Å². The van der Waals surface area contributed by atoms with E-state index in [1.807, 2.05) is 4.90 Å². The largest absolute Gasteiger partial charge is 0.355 e. The van der Waals surface area contributed by atoms with Crippen molar-refractivity contribution >= 4 is 23.2 Å². The van der Waals surface area contributed by atoms with Crippen molar-refractivity contribution in [2.45, 2.75) is 51.4 Å². The Hall–Kier alpha value is -1.43. The van der Waals surface area contributed by atoms with E-state index in [1.165, 1.54) is 6.42 Å². The van der Waals surface area contributed by atoms with E-state index in [9.17, 15) is 9.59 Å². The Balaban J connectivity index is 1.47. The van der Waals surface area contributed by atoms with Gasteiger partial charge >= 0.3 is 0 Å². The molecule has 3 rings (SSSR count). The number of carbonyl (C=O) groups excluding carboxylic acids is 2. The first-order chi connectivity index (χ1) is 11.1. The molecule has 0 bridgehead atoms. The van der Waals surface area contributed by atoms with Gasteiger partial charge in [-0.05, 0) is 25.7 Å². The predicted octanol–water partition coefficient (Wildman–Crippen LogP) is 2.33. The van der Waals surface area contributed by atoms with Crippen molar-refractivity contribution in [2.24, 2.45) is 5.92 Å². The summed E-state index contributed by atoms with van der Waals surface area (Å²) in [5, 5.41) is 6.25. The van der Waals surface area contributed by atoms with Crippen LogP contribution in [-0.4, -0.2) is 41.3 Å². The summed E-state index contributed by atoms with van der Waals surface area (Å²) in [6.45, 7) is 3.97. The number of rotatable bonds is 5. The number of carbonyl (C=O) groups is 2. The third-order valence-corrected chi connectivity index (χ3v) is 6.00. The van der Waals surface area contributed by atoms with E-state index in [-0.39, 0.29) is 17.7 Å². The van der Waals surface area contributed by atoms with Crippen molar-refractivity contribution in [2.75, 3.05) is 19.6 Å². The zero-order valence-electron chi connectivity index (χ0n) is 13.7. The van der Waals surface area contributed by atoms with E-state index in [1.54, 1.807) is 18.3 Å². The Morgan fingerprint density at radius 2 is 2.17 bits per heavy atom. The summed E-state index contributed by atoms with van der Waals surface area (Å²) >= 11 is 1.69. The molecular weight excluding hydrogens is 310 g/mol. The molecule has 126 valence electrons. The first-order valence-corrected chi connectivity index (χ1v) is 9.49. The van der Waals surface area contributed by atoms with E-state index in [0.717, 1.165) is 55.9 Å². The molecule has 1 atom stereocenters. The van der Waals surface area contributed by atoms with Crippen molar-refractivity contribution in [3.8, 4) is 0 Å².